The second kappa shape index (κ2) is 19.3. The first-order chi connectivity index (χ1) is 33.6. The van der Waals surface area contributed by atoms with Crippen molar-refractivity contribution in [1.29, 1.82) is 0 Å². The Hall–Kier alpha value is -7.46. The molecule has 0 saturated carbocycles. The summed E-state index contributed by atoms with van der Waals surface area (Å²) in [5, 5.41) is 4.97. The summed E-state index contributed by atoms with van der Waals surface area (Å²) in [5.74, 6) is 0.271. The van der Waals surface area contributed by atoms with E-state index in [2.05, 4.69) is 275 Å². The van der Waals surface area contributed by atoms with Crippen molar-refractivity contribution in [3.8, 4) is 11.1 Å². The third kappa shape index (κ3) is 8.92. The molecule has 3 heteroatoms. The van der Waals surface area contributed by atoms with E-state index in [0.29, 0.717) is 0 Å². The van der Waals surface area contributed by atoms with Crippen molar-refractivity contribution in [2.75, 3.05) is 9.80 Å². The molecular weight excluding hydrogens is 835 g/mol. The number of benzene rings is 9. The highest BCUT2D eigenvalue weighted by Crippen LogP contribution is 2.53. The van der Waals surface area contributed by atoms with E-state index in [1.165, 1.54) is 54.9 Å². The zero-order valence-corrected chi connectivity index (χ0v) is 40.7. The maximum absolute atomic E-state index is 6.92. The molecule has 2 atom stereocenters. The number of nitrogens with two attached hydrogens (primary N) is 1. The molecule has 3 nitrogen and oxygen atoms in total. The SMILES string of the molecule is CC(c1ccc(-c2c3ccc(N(c4ccccc4)c4ccccc4)cc3c(C3=CC=CCC3)c3ccc(N(c4ccccc4)c4ccccc4)cc23)cc1)C(C)(C)C(C)(C)CC(N)c1ccccc1. The number of hydrogen-bond acceptors (Lipinski definition) is 3. The summed E-state index contributed by atoms with van der Waals surface area (Å²) in [6.45, 7) is 12.1. The van der Waals surface area contributed by atoms with Crippen molar-refractivity contribution in [2.45, 2.75) is 65.8 Å². The summed E-state index contributed by atoms with van der Waals surface area (Å²) in [6, 6.07) is 77.4. The molecule has 0 amide bonds. The molecule has 2 N–H and O–H groups in total. The van der Waals surface area contributed by atoms with Crippen LogP contribution in [0.5, 0.6) is 0 Å². The second-order valence-electron chi connectivity index (χ2n) is 20.1. The first kappa shape index (κ1) is 45.3. The summed E-state index contributed by atoms with van der Waals surface area (Å²) >= 11 is 0. The molecule has 9 aromatic rings. The van der Waals surface area contributed by atoms with Crippen LogP contribution in [0, 0.1) is 10.8 Å². The Kier molecular flexibility index (Phi) is 12.7. The van der Waals surface area contributed by atoms with Crippen LogP contribution in [0.4, 0.5) is 34.1 Å². The Labute approximate surface area is 409 Å². The van der Waals surface area contributed by atoms with Gasteiger partial charge in [-0.2, -0.15) is 0 Å². The van der Waals surface area contributed by atoms with E-state index in [1.54, 1.807) is 0 Å². The van der Waals surface area contributed by atoms with Crippen LogP contribution in [0.1, 0.15) is 82.5 Å². The molecule has 0 fully saturated rings. The first-order valence-electron chi connectivity index (χ1n) is 24.7. The van der Waals surface area contributed by atoms with Gasteiger partial charge in [-0.05, 0) is 164 Å². The molecule has 0 saturated heterocycles. The van der Waals surface area contributed by atoms with Gasteiger partial charge in [0.05, 0.1) is 0 Å². The van der Waals surface area contributed by atoms with Gasteiger partial charge in [0.15, 0.2) is 0 Å². The third-order valence-corrected chi connectivity index (χ3v) is 15.5. The van der Waals surface area contributed by atoms with E-state index < -0.39 is 0 Å². The van der Waals surface area contributed by atoms with Crippen LogP contribution >= 0.6 is 0 Å². The highest BCUT2D eigenvalue weighted by atomic mass is 15.1. The molecule has 0 spiro atoms. The molecule has 0 aliphatic heterocycles. The van der Waals surface area contributed by atoms with Crippen LogP contribution in [0.15, 0.2) is 231 Å². The molecule has 1 aliphatic carbocycles. The molecule has 0 bridgehead atoms. The lowest BCUT2D eigenvalue weighted by molar-refractivity contribution is 0.0647. The topological polar surface area (TPSA) is 32.5 Å². The fourth-order valence-corrected chi connectivity index (χ4v) is 10.7. The number of para-hydroxylation sites is 4. The zero-order chi connectivity index (χ0) is 47.5. The maximum Gasteiger partial charge on any atom is 0.0468 e. The van der Waals surface area contributed by atoms with Crippen molar-refractivity contribution in [1.82, 2.24) is 0 Å². The smallest absolute Gasteiger partial charge is 0.0468 e. The number of rotatable bonds is 14. The number of hydrogen-bond donors (Lipinski definition) is 1. The van der Waals surface area contributed by atoms with Crippen LogP contribution in [-0.4, -0.2) is 0 Å². The standard InChI is InChI=1S/C66H63N3/c1-47(66(4,5)65(2,3)46-62(67)49-24-12-6-13-25-49)48-36-38-51(39-37-48)64-59-43-41-56(68(52-28-16-8-17-29-52)53-30-18-9-19-31-53)44-60(59)63(50-26-14-7-15-27-50)58-42-40-57(45-61(58)64)69(54-32-20-10-21-33-54)55-34-22-11-23-35-55/h6-14,16-26,28-45,47,62H,15,27,46,67H2,1-5H3. The van der Waals surface area contributed by atoms with Gasteiger partial charge in [-0.3, -0.25) is 0 Å². The van der Waals surface area contributed by atoms with Crippen molar-refractivity contribution in [3.05, 3.63) is 247 Å². The third-order valence-electron chi connectivity index (χ3n) is 15.5. The van der Waals surface area contributed by atoms with E-state index in [9.17, 15) is 0 Å². The minimum absolute atomic E-state index is 0.0300. The van der Waals surface area contributed by atoms with Gasteiger partial charge in [0.2, 0.25) is 0 Å². The van der Waals surface area contributed by atoms with E-state index >= 15 is 0 Å². The van der Waals surface area contributed by atoms with Gasteiger partial charge in [0.1, 0.15) is 0 Å². The molecule has 342 valence electrons. The van der Waals surface area contributed by atoms with Crippen LogP contribution in [-0.2, 0) is 0 Å². The normalized spacial score (nSPS) is 13.8. The molecular formula is C66H63N3. The summed E-state index contributed by atoms with van der Waals surface area (Å²) in [6.07, 6.45) is 9.75. The Morgan fingerprint density at radius 1 is 0.464 bits per heavy atom. The van der Waals surface area contributed by atoms with Crippen molar-refractivity contribution in [3.63, 3.8) is 0 Å². The quantitative estimate of drug-likeness (QED) is 0.110. The largest absolute Gasteiger partial charge is 0.324 e. The Bertz CT molecular complexity index is 3170. The fourth-order valence-electron chi connectivity index (χ4n) is 10.7. The lowest BCUT2D eigenvalue weighted by Gasteiger charge is -2.47. The van der Waals surface area contributed by atoms with Gasteiger partial charge in [-0.15, -0.1) is 0 Å². The lowest BCUT2D eigenvalue weighted by Crippen LogP contribution is -2.39. The summed E-state index contributed by atoms with van der Waals surface area (Å²) in [7, 11) is 0. The summed E-state index contributed by atoms with van der Waals surface area (Å²) < 4.78 is 0. The molecule has 10 rings (SSSR count). The molecule has 69 heavy (non-hydrogen) atoms. The minimum atomic E-state index is -0.0584. The van der Waals surface area contributed by atoms with E-state index in [-0.39, 0.29) is 22.8 Å². The Balaban J connectivity index is 1.18. The maximum atomic E-state index is 6.92. The lowest BCUT2D eigenvalue weighted by atomic mass is 9.58. The highest BCUT2D eigenvalue weighted by molar-refractivity contribution is 6.20. The molecule has 0 radical (unpaired) electrons. The summed E-state index contributed by atoms with van der Waals surface area (Å²) in [5.41, 5.74) is 21.2. The van der Waals surface area contributed by atoms with Crippen LogP contribution in [0.3, 0.4) is 0 Å². The van der Waals surface area contributed by atoms with E-state index in [0.717, 1.165) is 53.4 Å². The number of fused-ring (bicyclic) bond motifs is 2. The molecule has 1 aliphatic rings. The molecule has 0 heterocycles. The monoisotopic (exact) mass is 898 g/mol. The highest BCUT2D eigenvalue weighted by Gasteiger charge is 2.42. The fraction of sp³-hybridized carbons (Fsp3) is 0.182. The van der Waals surface area contributed by atoms with E-state index in [4.69, 9.17) is 5.73 Å². The summed E-state index contributed by atoms with van der Waals surface area (Å²) in [4.78, 5) is 4.77. The van der Waals surface area contributed by atoms with Gasteiger partial charge in [-0.25, -0.2) is 0 Å². The van der Waals surface area contributed by atoms with Crippen LogP contribution < -0.4 is 15.5 Å². The van der Waals surface area contributed by atoms with Crippen molar-refractivity contribution < 1.29 is 0 Å². The van der Waals surface area contributed by atoms with E-state index in [1.807, 2.05) is 0 Å². The number of allylic oxidation sites excluding steroid dienone is 4. The molecule has 9 aromatic carbocycles. The Morgan fingerprint density at radius 2 is 0.899 bits per heavy atom. The van der Waals surface area contributed by atoms with Crippen molar-refractivity contribution >= 4 is 61.2 Å². The number of anilines is 6. The van der Waals surface area contributed by atoms with Gasteiger partial charge in [-0.1, -0.05) is 192 Å². The van der Waals surface area contributed by atoms with Crippen LogP contribution in [0.25, 0.3) is 38.2 Å². The average Bonchev–Trinajstić information content (AvgIpc) is 3.39. The minimum Gasteiger partial charge on any atom is -0.324 e. The molecule has 2 unspecified atom stereocenters. The van der Waals surface area contributed by atoms with Gasteiger partial charge >= 0.3 is 0 Å². The predicted octanol–water partition coefficient (Wildman–Crippen LogP) is 18.6. The predicted molar refractivity (Wildman–Crippen MR) is 297 cm³/mol. The van der Waals surface area contributed by atoms with Gasteiger partial charge in [0, 0.05) is 40.2 Å². The van der Waals surface area contributed by atoms with Gasteiger partial charge < -0.3 is 15.5 Å². The number of nitrogens with zero attached hydrogens (tertiary/aromatic N) is 2. The zero-order valence-electron chi connectivity index (χ0n) is 40.7. The van der Waals surface area contributed by atoms with Crippen LogP contribution in [0.2, 0.25) is 0 Å². The first-order valence-corrected chi connectivity index (χ1v) is 24.7. The molecule has 0 aromatic heterocycles. The van der Waals surface area contributed by atoms with Gasteiger partial charge in [0.25, 0.3) is 0 Å². The van der Waals surface area contributed by atoms with Crippen molar-refractivity contribution in [2.24, 2.45) is 16.6 Å². The second-order valence-corrected chi connectivity index (χ2v) is 20.1. The Morgan fingerprint density at radius 3 is 1.35 bits per heavy atom. The average molecular weight is 898 g/mol.